The van der Waals surface area contributed by atoms with Gasteiger partial charge in [-0.25, -0.2) is 4.79 Å². The molecule has 1 unspecified atom stereocenters. The van der Waals surface area contributed by atoms with Crippen molar-refractivity contribution in [1.29, 1.82) is 0 Å². The van der Waals surface area contributed by atoms with Gasteiger partial charge in [-0.2, -0.15) is 13.2 Å². The smallest absolute Gasteiger partial charge is 0.433 e. The summed E-state index contributed by atoms with van der Waals surface area (Å²) in [4.78, 5) is 29.2. The Balaban J connectivity index is 1.92. The maximum absolute atomic E-state index is 12.7. The Kier molecular flexibility index (Phi) is 5.23. The highest BCUT2D eigenvalue weighted by Crippen LogP contribution is 2.37. The summed E-state index contributed by atoms with van der Waals surface area (Å²) in [5, 5.41) is 9.66. The van der Waals surface area contributed by atoms with Crippen LogP contribution in [-0.4, -0.2) is 46.1 Å². The predicted molar refractivity (Wildman–Crippen MR) is 87.6 cm³/mol. The molecule has 1 saturated heterocycles. The van der Waals surface area contributed by atoms with Crippen LogP contribution in [0.3, 0.4) is 0 Å². The first-order valence-corrected chi connectivity index (χ1v) is 8.57. The lowest BCUT2D eigenvalue weighted by atomic mass is 9.84. The maximum Gasteiger partial charge on any atom is 0.433 e. The molecular weight excluding hydrogens is 365 g/mol. The second-order valence-electron chi connectivity index (χ2n) is 6.67. The van der Waals surface area contributed by atoms with Crippen LogP contribution in [0.2, 0.25) is 0 Å². The average Bonchev–Trinajstić information content (AvgIpc) is 3.10. The minimum atomic E-state index is -4.58. The molecule has 0 aromatic carbocycles. The molecule has 3 heterocycles. The number of rotatable bonds is 4. The van der Waals surface area contributed by atoms with Gasteiger partial charge in [-0.3, -0.25) is 9.78 Å². The van der Waals surface area contributed by atoms with E-state index in [4.69, 9.17) is 4.74 Å². The molecule has 0 spiro atoms. The van der Waals surface area contributed by atoms with Gasteiger partial charge in [0.05, 0.1) is 18.2 Å². The number of carboxylic acid groups (broad SMARTS) is 1. The zero-order chi connectivity index (χ0) is 19.8. The van der Waals surface area contributed by atoms with Crippen LogP contribution in [0.1, 0.15) is 43.4 Å². The molecule has 6 nitrogen and oxygen atoms in total. The largest absolute Gasteiger partial charge is 0.478 e. The van der Waals surface area contributed by atoms with Gasteiger partial charge in [-0.15, -0.1) is 0 Å². The van der Waals surface area contributed by atoms with Crippen LogP contribution >= 0.6 is 0 Å². The molecule has 1 aromatic rings. The maximum atomic E-state index is 12.7. The van der Waals surface area contributed by atoms with Gasteiger partial charge < -0.3 is 14.7 Å². The number of halogens is 3. The molecule has 146 valence electrons. The van der Waals surface area contributed by atoms with Crippen molar-refractivity contribution < 1.29 is 32.6 Å². The Labute approximate surface area is 153 Å². The monoisotopic (exact) mass is 384 g/mol. The molecule has 0 bridgehead atoms. The van der Waals surface area contributed by atoms with E-state index < -0.39 is 23.8 Å². The molecule has 2 aliphatic rings. The number of pyridine rings is 1. The fourth-order valence-corrected chi connectivity index (χ4v) is 3.57. The number of amides is 1. The van der Waals surface area contributed by atoms with Crippen molar-refractivity contribution in [3.8, 4) is 0 Å². The molecule has 0 radical (unpaired) electrons. The van der Waals surface area contributed by atoms with E-state index in [1.807, 2.05) is 0 Å². The van der Waals surface area contributed by atoms with Crippen LogP contribution in [0.25, 0.3) is 0 Å². The Morgan fingerprint density at radius 3 is 2.67 bits per heavy atom. The van der Waals surface area contributed by atoms with E-state index in [9.17, 15) is 27.9 Å². The number of hydrogen-bond donors (Lipinski definition) is 1. The van der Waals surface area contributed by atoms with Gasteiger partial charge in [0, 0.05) is 30.8 Å². The third-order valence-corrected chi connectivity index (χ3v) is 4.94. The van der Waals surface area contributed by atoms with Crippen molar-refractivity contribution in [1.82, 2.24) is 9.88 Å². The van der Waals surface area contributed by atoms with E-state index in [0.29, 0.717) is 12.3 Å². The summed E-state index contributed by atoms with van der Waals surface area (Å²) in [6, 6.07) is 1.98. The highest BCUT2D eigenvalue weighted by atomic mass is 19.4. The number of ether oxygens (including phenoxy) is 1. The lowest BCUT2D eigenvalue weighted by Gasteiger charge is -2.35. The fraction of sp³-hybridized carbons (Fsp3) is 0.500. The van der Waals surface area contributed by atoms with E-state index in [1.54, 1.807) is 6.92 Å². The number of carbonyl (C=O) groups excluding carboxylic acids is 1. The average molecular weight is 384 g/mol. The molecule has 2 aliphatic heterocycles. The molecule has 1 amide bonds. The van der Waals surface area contributed by atoms with Gasteiger partial charge in [0.15, 0.2) is 0 Å². The predicted octanol–water partition coefficient (Wildman–Crippen LogP) is 2.95. The summed E-state index contributed by atoms with van der Waals surface area (Å²) in [5.41, 5.74) is -0.510. The molecule has 1 aromatic heterocycles. The van der Waals surface area contributed by atoms with Crippen LogP contribution in [-0.2, 0) is 20.5 Å². The number of carbonyl (C=O) groups is 2. The zero-order valence-electron chi connectivity index (χ0n) is 14.6. The molecule has 0 aliphatic carbocycles. The van der Waals surface area contributed by atoms with Crippen molar-refractivity contribution in [3.05, 3.63) is 40.9 Å². The number of hydrogen-bond acceptors (Lipinski definition) is 4. The van der Waals surface area contributed by atoms with Crippen LogP contribution in [0.4, 0.5) is 13.2 Å². The van der Waals surface area contributed by atoms with Gasteiger partial charge in [-0.05, 0) is 31.4 Å². The van der Waals surface area contributed by atoms with Crippen LogP contribution in [0.15, 0.2) is 29.6 Å². The third kappa shape index (κ3) is 3.97. The van der Waals surface area contributed by atoms with Crippen molar-refractivity contribution in [2.45, 2.75) is 44.4 Å². The molecule has 1 N–H and O–H groups in total. The van der Waals surface area contributed by atoms with Crippen molar-refractivity contribution in [2.24, 2.45) is 0 Å². The molecule has 27 heavy (non-hydrogen) atoms. The quantitative estimate of drug-likeness (QED) is 0.863. The molecule has 2 atom stereocenters. The van der Waals surface area contributed by atoms with Crippen molar-refractivity contribution >= 4 is 11.9 Å². The molecular formula is C18H19F3N2O4. The normalized spacial score (nSPS) is 23.9. The number of carboxylic acids is 1. The van der Waals surface area contributed by atoms with Crippen LogP contribution in [0, 0.1) is 0 Å². The second kappa shape index (κ2) is 7.30. The summed E-state index contributed by atoms with van der Waals surface area (Å²) in [5.74, 6) is -2.33. The first-order valence-electron chi connectivity index (χ1n) is 8.57. The SMILES string of the molecule is CC1=C(C(=O)O)[C@H](c2ccc(C(F)(F)F)nc2)CC(=O)N1CC1CCCO1. The topological polar surface area (TPSA) is 79.7 Å². The van der Waals surface area contributed by atoms with E-state index >= 15 is 0 Å². The van der Waals surface area contributed by atoms with Gasteiger partial charge in [0.1, 0.15) is 5.69 Å². The number of aromatic nitrogens is 1. The van der Waals surface area contributed by atoms with E-state index in [2.05, 4.69) is 4.98 Å². The summed E-state index contributed by atoms with van der Waals surface area (Å²) in [6.45, 7) is 2.43. The van der Waals surface area contributed by atoms with Crippen LogP contribution < -0.4 is 0 Å². The van der Waals surface area contributed by atoms with Gasteiger partial charge in [0.25, 0.3) is 0 Å². The van der Waals surface area contributed by atoms with Gasteiger partial charge in [0.2, 0.25) is 5.91 Å². The summed E-state index contributed by atoms with van der Waals surface area (Å²) in [6.07, 6.45) is -2.18. The molecule has 9 heteroatoms. The summed E-state index contributed by atoms with van der Waals surface area (Å²) < 4.78 is 43.6. The molecule has 0 saturated carbocycles. The molecule has 3 rings (SSSR count). The van der Waals surface area contributed by atoms with Crippen molar-refractivity contribution in [3.63, 3.8) is 0 Å². The lowest BCUT2D eigenvalue weighted by Crippen LogP contribution is -2.42. The minimum Gasteiger partial charge on any atom is -0.478 e. The Bertz CT molecular complexity index is 768. The first kappa shape index (κ1) is 19.3. The number of alkyl halides is 3. The fourth-order valence-electron chi connectivity index (χ4n) is 3.57. The second-order valence-corrected chi connectivity index (χ2v) is 6.67. The Hall–Kier alpha value is -2.42. The Morgan fingerprint density at radius 2 is 2.15 bits per heavy atom. The highest BCUT2D eigenvalue weighted by Gasteiger charge is 2.38. The number of nitrogens with zero attached hydrogens (tertiary/aromatic N) is 2. The van der Waals surface area contributed by atoms with Gasteiger partial charge in [-0.1, -0.05) is 6.07 Å². The Morgan fingerprint density at radius 1 is 1.41 bits per heavy atom. The minimum absolute atomic E-state index is 0.00541. The van der Waals surface area contributed by atoms with E-state index in [-0.39, 0.29) is 36.1 Å². The standard InChI is InChI=1S/C18H19F3N2O4/c1-10-16(17(25)26)13(11-4-5-14(22-8-11)18(19,20)21)7-15(24)23(10)9-12-3-2-6-27-12/h4-5,8,12-13H,2-3,6-7,9H2,1H3,(H,25,26)/t12?,13-/m0/s1. The van der Waals surface area contributed by atoms with Crippen molar-refractivity contribution in [2.75, 3.05) is 13.2 Å². The summed E-state index contributed by atoms with van der Waals surface area (Å²) >= 11 is 0. The zero-order valence-corrected chi connectivity index (χ0v) is 14.6. The lowest BCUT2D eigenvalue weighted by molar-refractivity contribution is -0.141. The van der Waals surface area contributed by atoms with Gasteiger partial charge >= 0.3 is 12.1 Å². The van der Waals surface area contributed by atoms with Crippen LogP contribution in [0.5, 0.6) is 0 Å². The van der Waals surface area contributed by atoms with E-state index in [1.165, 1.54) is 11.0 Å². The highest BCUT2D eigenvalue weighted by molar-refractivity contribution is 5.94. The molecule has 1 fully saturated rings. The van der Waals surface area contributed by atoms with E-state index in [0.717, 1.165) is 25.1 Å². The first-order chi connectivity index (χ1) is 12.7. The number of aliphatic carboxylic acids is 1. The third-order valence-electron chi connectivity index (χ3n) is 4.94. The summed E-state index contributed by atoms with van der Waals surface area (Å²) in [7, 11) is 0. The number of allylic oxidation sites excluding steroid dienone is 1.